The predicted molar refractivity (Wildman–Crippen MR) is 170 cm³/mol. The van der Waals surface area contributed by atoms with Gasteiger partial charge in [0.2, 0.25) is 17.9 Å². The number of hydrazine groups is 1. The van der Waals surface area contributed by atoms with E-state index in [9.17, 15) is 14.4 Å². The number of benzene rings is 2. The van der Waals surface area contributed by atoms with Crippen LogP contribution in [0.15, 0.2) is 59.0 Å². The first-order valence-corrected chi connectivity index (χ1v) is 16.1. The Morgan fingerprint density at radius 1 is 1.02 bits per heavy atom. The number of ether oxygens (including phenoxy) is 2. The number of para-hydroxylation sites is 1. The quantitative estimate of drug-likeness (QED) is 0.413. The van der Waals surface area contributed by atoms with Gasteiger partial charge < -0.3 is 19.2 Å². The van der Waals surface area contributed by atoms with E-state index in [0.717, 1.165) is 0 Å². The SMILES string of the molecule is CC(C)CCC(=O)N1NC(=O)c2cc3cc(ccc3o2)OCC[N+]2(CCOCC2)[C@H]2C(=O)C1CCCN2C(=O)Nc1ccccc1. The molecule has 3 aliphatic rings. The van der Waals surface area contributed by atoms with E-state index < -0.39 is 24.1 Å². The van der Waals surface area contributed by atoms with Gasteiger partial charge in [-0.25, -0.2) is 9.80 Å². The van der Waals surface area contributed by atoms with E-state index in [-0.39, 0.29) is 53.8 Å². The minimum Gasteiger partial charge on any atom is -0.488 e. The number of amides is 4. The third-order valence-electron chi connectivity index (χ3n) is 9.18. The van der Waals surface area contributed by atoms with Crippen LogP contribution >= 0.6 is 0 Å². The highest BCUT2D eigenvalue weighted by atomic mass is 16.5. The number of ketones is 1. The number of Topliss-reactive ketones (excluding diaryl/α,β-unsaturated/α-hetero) is 1. The summed E-state index contributed by atoms with van der Waals surface area (Å²) in [5, 5.41) is 4.87. The van der Waals surface area contributed by atoms with Crippen LogP contribution in [0.2, 0.25) is 0 Å². The lowest BCUT2D eigenvalue weighted by molar-refractivity contribution is -0.957. The van der Waals surface area contributed by atoms with Crippen molar-refractivity contribution in [2.24, 2.45) is 5.92 Å². The lowest BCUT2D eigenvalue weighted by Gasteiger charge is -2.49. The second kappa shape index (κ2) is 13.5. The smallest absolute Gasteiger partial charge is 0.326 e. The van der Waals surface area contributed by atoms with Crippen molar-refractivity contribution < 1.29 is 37.6 Å². The van der Waals surface area contributed by atoms with Crippen molar-refractivity contribution in [3.05, 3.63) is 60.4 Å². The maximum absolute atomic E-state index is 15.0. The molecule has 12 heteroatoms. The molecule has 244 valence electrons. The van der Waals surface area contributed by atoms with Gasteiger partial charge in [-0.05, 0) is 61.6 Å². The Hall–Kier alpha value is -4.42. The minimum atomic E-state index is -0.998. The average Bonchev–Trinajstić information content (AvgIpc) is 3.40. The van der Waals surface area contributed by atoms with Gasteiger partial charge >= 0.3 is 11.9 Å². The Labute approximate surface area is 268 Å². The molecule has 0 radical (unpaired) electrons. The molecular weight excluding hydrogens is 590 g/mol. The second-order valence-electron chi connectivity index (χ2n) is 12.7. The van der Waals surface area contributed by atoms with E-state index >= 15 is 4.79 Å². The van der Waals surface area contributed by atoms with Crippen molar-refractivity contribution in [3.8, 4) is 5.75 Å². The zero-order chi connectivity index (χ0) is 32.3. The molecule has 2 aromatic carbocycles. The molecule has 4 amide bonds. The number of anilines is 1. The number of carbonyl (C=O) groups excluding carboxylic acids is 4. The zero-order valence-electron chi connectivity index (χ0n) is 26.4. The Bertz CT molecular complexity index is 1580. The van der Waals surface area contributed by atoms with E-state index in [1.165, 1.54) is 5.01 Å². The lowest BCUT2D eigenvalue weighted by atomic mass is 10.0. The number of morpholine rings is 1. The third-order valence-corrected chi connectivity index (χ3v) is 9.18. The van der Waals surface area contributed by atoms with E-state index in [1.54, 1.807) is 41.3 Å². The molecule has 1 aromatic heterocycles. The molecule has 2 N–H and O–H groups in total. The fraction of sp³-hybridized carbons (Fsp3) is 0.471. The van der Waals surface area contributed by atoms with Crippen molar-refractivity contribution in [2.45, 2.75) is 51.7 Å². The third kappa shape index (κ3) is 6.59. The zero-order valence-corrected chi connectivity index (χ0v) is 26.4. The largest absolute Gasteiger partial charge is 0.488 e. The molecule has 0 aliphatic carbocycles. The number of hydrogen-bond donors (Lipinski definition) is 2. The number of likely N-dealkylation sites (tertiary alicyclic amines) is 1. The first kappa shape index (κ1) is 31.6. The summed E-state index contributed by atoms with van der Waals surface area (Å²) in [5.74, 6) is -0.448. The molecule has 1 spiro atoms. The summed E-state index contributed by atoms with van der Waals surface area (Å²) >= 11 is 0. The van der Waals surface area contributed by atoms with Crippen molar-refractivity contribution >= 4 is 40.3 Å². The van der Waals surface area contributed by atoms with Crippen LogP contribution in [0.1, 0.15) is 50.1 Å². The van der Waals surface area contributed by atoms with Crippen LogP contribution in [0.25, 0.3) is 11.0 Å². The first-order valence-electron chi connectivity index (χ1n) is 16.1. The first-order chi connectivity index (χ1) is 22.2. The number of urea groups is 1. The van der Waals surface area contributed by atoms with Crippen molar-refractivity contribution in [1.82, 2.24) is 15.3 Å². The van der Waals surface area contributed by atoms with Crippen LogP contribution in [0.3, 0.4) is 0 Å². The van der Waals surface area contributed by atoms with Crippen molar-refractivity contribution in [3.63, 3.8) is 0 Å². The number of rotatable bonds is 4. The lowest BCUT2D eigenvalue weighted by Crippen LogP contribution is -2.72. The molecular formula is C34H42N5O7+. The Balaban J connectivity index is 1.45. The highest BCUT2D eigenvalue weighted by molar-refractivity contribution is 6.00. The average molecular weight is 633 g/mol. The molecule has 6 rings (SSSR count). The van der Waals surface area contributed by atoms with E-state index in [2.05, 4.69) is 10.7 Å². The molecule has 46 heavy (non-hydrogen) atoms. The van der Waals surface area contributed by atoms with Crippen LogP contribution < -0.4 is 15.5 Å². The second-order valence-corrected chi connectivity index (χ2v) is 12.7. The number of fused-ring (bicyclic) bond motifs is 5. The summed E-state index contributed by atoms with van der Waals surface area (Å²) in [7, 11) is 0. The maximum Gasteiger partial charge on any atom is 0.326 e. The van der Waals surface area contributed by atoms with Crippen LogP contribution in [0, 0.1) is 5.92 Å². The van der Waals surface area contributed by atoms with Gasteiger partial charge in [-0.15, -0.1) is 0 Å². The van der Waals surface area contributed by atoms with Gasteiger partial charge in [0.1, 0.15) is 43.6 Å². The minimum absolute atomic E-state index is 0.0156. The Kier molecular flexibility index (Phi) is 9.27. The van der Waals surface area contributed by atoms with Crippen molar-refractivity contribution in [1.29, 1.82) is 0 Å². The normalized spacial score (nSPS) is 21.9. The summed E-state index contributed by atoms with van der Waals surface area (Å²) in [6.45, 7) is 6.76. The van der Waals surface area contributed by atoms with Crippen LogP contribution in [0.5, 0.6) is 5.75 Å². The summed E-state index contributed by atoms with van der Waals surface area (Å²) in [6.07, 6.45) is 0.494. The van der Waals surface area contributed by atoms with Gasteiger partial charge in [-0.3, -0.25) is 29.2 Å². The molecule has 1 unspecified atom stereocenters. The molecule has 3 aliphatic heterocycles. The topological polar surface area (TPSA) is 130 Å². The summed E-state index contributed by atoms with van der Waals surface area (Å²) in [6, 6.07) is 14.7. The molecule has 0 saturated carbocycles. The molecule has 2 saturated heterocycles. The number of nitrogens with one attached hydrogen (secondary N) is 2. The van der Waals surface area contributed by atoms with Crippen LogP contribution in [0.4, 0.5) is 10.5 Å². The fourth-order valence-electron chi connectivity index (χ4n) is 6.67. The van der Waals surface area contributed by atoms with E-state index in [1.807, 2.05) is 32.0 Å². The highest BCUT2D eigenvalue weighted by Gasteiger charge is 2.53. The summed E-state index contributed by atoms with van der Waals surface area (Å²) in [4.78, 5) is 58.2. The Morgan fingerprint density at radius 2 is 1.78 bits per heavy atom. The van der Waals surface area contributed by atoms with Crippen molar-refractivity contribution in [2.75, 3.05) is 51.3 Å². The summed E-state index contributed by atoms with van der Waals surface area (Å²) in [5.41, 5.74) is 3.88. The number of furan rings is 1. The number of quaternary nitrogens is 1. The van der Waals surface area contributed by atoms with Crippen LogP contribution in [-0.4, -0.2) is 96.2 Å². The number of nitrogens with zero attached hydrogens (tertiary/aromatic N) is 3. The Morgan fingerprint density at radius 3 is 2.54 bits per heavy atom. The summed E-state index contributed by atoms with van der Waals surface area (Å²) < 4.78 is 18.1. The number of hydrogen-bond acceptors (Lipinski definition) is 7. The van der Waals surface area contributed by atoms with Gasteiger partial charge in [-0.2, -0.15) is 0 Å². The van der Waals surface area contributed by atoms with Gasteiger partial charge in [0, 0.05) is 24.0 Å². The molecule has 4 heterocycles. The predicted octanol–water partition coefficient (Wildman–Crippen LogP) is 4.17. The van der Waals surface area contributed by atoms with E-state index in [4.69, 9.17) is 13.9 Å². The fourth-order valence-corrected chi connectivity index (χ4v) is 6.67. The maximum atomic E-state index is 15.0. The van der Waals surface area contributed by atoms with Gasteiger partial charge in [0.25, 0.3) is 0 Å². The molecule has 12 nitrogen and oxygen atoms in total. The molecule has 2 atom stereocenters. The standard InChI is InChI=1S/C34H41N5O7/c1-23(2)10-13-30(40)38-27-9-6-14-37(34(43)35-25-7-4-3-5-8-25)33(31(27)41)39(15-18-44-19-16-39)17-20-45-26-11-12-28-24(21-26)22-29(46-28)32(42)36-38/h3-5,7-8,11-12,21-23,27,33H,6,9-10,13-20H2,1-2H3,(H-,35,36,42,43)/p+1/t27?,33-/m0/s1. The highest BCUT2D eigenvalue weighted by Crippen LogP contribution is 2.31. The van der Waals surface area contributed by atoms with Gasteiger partial charge in [0.15, 0.2) is 5.76 Å². The van der Waals surface area contributed by atoms with Crippen LogP contribution in [-0.2, 0) is 14.3 Å². The molecule has 5 bridgehead atoms. The monoisotopic (exact) mass is 632 g/mol. The van der Waals surface area contributed by atoms with Gasteiger partial charge in [0.05, 0.1) is 13.2 Å². The molecule has 3 aromatic rings. The van der Waals surface area contributed by atoms with Gasteiger partial charge in [-0.1, -0.05) is 32.0 Å². The van der Waals surface area contributed by atoms with E-state index in [0.29, 0.717) is 68.1 Å². The number of carbonyl (C=O) groups is 4. The molecule has 2 fully saturated rings.